The lowest BCUT2D eigenvalue weighted by Crippen LogP contribution is -2.40. The van der Waals surface area contributed by atoms with Crippen LogP contribution in [-0.2, 0) is 4.74 Å². The van der Waals surface area contributed by atoms with E-state index in [1.54, 1.807) is 21.0 Å². The fourth-order valence-electron chi connectivity index (χ4n) is 1.41. The van der Waals surface area contributed by atoms with Crippen molar-refractivity contribution in [3.8, 4) is 0 Å². The molecule has 0 amide bonds. The smallest absolute Gasteiger partial charge is 0.0670 e. The van der Waals surface area contributed by atoms with Crippen LogP contribution >= 0.6 is 0 Å². The number of hydrogen-bond acceptors (Lipinski definition) is 4. The molecule has 0 aromatic carbocycles. The van der Waals surface area contributed by atoms with Crippen molar-refractivity contribution in [2.75, 3.05) is 26.7 Å². The van der Waals surface area contributed by atoms with Gasteiger partial charge in [-0.25, -0.2) is 0 Å². The molecule has 86 valence electrons. The van der Waals surface area contributed by atoms with E-state index in [-0.39, 0.29) is 18.3 Å². The van der Waals surface area contributed by atoms with Gasteiger partial charge in [-0.3, -0.25) is 4.90 Å². The second-order valence-corrected chi connectivity index (χ2v) is 3.96. The largest absolute Gasteiger partial charge is 0.392 e. The molecule has 0 fully saturated rings. The summed E-state index contributed by atoms with van der Waals surface area (Å²) >= 11 is 0. The van der Waals surface area contributed by atoms with Gasteiger partial charge >= 0.3 is 0 Å². The summed E-state index contributed by atoms with van der Waals surface area (Å²) in [5, 5.41) is 18.5. The average Bonchev–Trinajstić information content (AvgIpc) is 2.01. The van der Waals surface area contributed by atoms with E-state index in [4.69, 9.17) is 4.74 Å². The summed E-state index contributed by atoms with van der Waals surface area (Å²) in [7, 11) is 1.66. The Morgan fingerprint density at radius 1 is 1.00 bits per heavy atom. The van der Waals surface area contributed by atoms with Crippen molar-refractivity contribution >= 4 is 0 Å². The summed E-state index contributed by atoms with van der Waals surface area (Å²) in [6, 6.07) is 0. The van der Waals surface area contributed by atoms with E-state index in [2.05, 4.69) is 0 Å². The first-order valence-corrected chi connectivity index (χ1v) is 5.07. The van der Waals surface area contributed by atoms with Crippen LogP contribution in [0.25, 0.3) is 0 Å². The van der Waals surface area contributed by atoms with Gasteiger partial charge < -0.3 is 14.9 Å². The quantitative estimate of drug-likeness (QED) is 0.618. The van der Waals surface area contributed by atoms with Crippen LogP contribution in [0.2, 0.25) is 0 Å². The minimum atomic E-state index is -0.377. The number of aliphatic hydroxyl groups is 2. The van der Waals surface area contributed by atoms with Crippen LogP contribution in [0, 0.1) is 0 Å². The fraction of sp³-hybridized carbons (Fsp3) is 1.00. The molecule has 0 aromatic heterocycles. The molecule has 0 bridgehead atoms. The average molecular weight is 205 g/mol. The van der Waals surface area contributed by atoms with Crippen molar-refractivity contribution in [3.05, 3.63) is 0 Å². The Kier molecular flexibility index (Phi) is 7.09. The highest BCUT2D eigenvalue weighted by atomic mass is 16.5. The molecular weight excluding hydrogens is 182 g/mol. The summed E-state index contributed by atoms with van der Waals surface area (Å²) in [6.07, 6.45) is -0.636. The minimum Gasteiger partial charge on any atom is -0.392 e. The van der Waals surface area contributed by atoms with Gasteiger partial charge in [-0.05, 0) is 20.8 Å². The van der Waals surface area contributed by atoms with E-state index >= 15 is 0 Å². The van der Waals surface area contributed by atoms with E-state index < -0.39 is 0 Å². The van der Waals surface area contributed by atoms with E-state index in [1.807, 2.05) is 11.8 Å². The first-order valence-electron chi connectivity index (χ1n) is 5.07. The predicted octanol–water partition coefficient (Wildman–Crippen LogP) is 0.0849. The third kappa shape index (κ3) is 7.26. The van der Waals surface area contributed by atoms with Crippen LogP contribution in [0.5, 0.6) is 0 Å². The van der Waals surface area contributed by atoms with Gasteiger partial charge in [0.1, 0.15) is 0 Å². The summed E-state index contributed by atoms with van der Waals surface area (Å²) in [5.41, 5.74) is 0. The first kappa shape index (κ1) is 13.8. The molecule has 0 heterocycles. The van der Waals surface area contributed by atoms with Gasteiger partial charge in [-0.2, -0.15) is 0 Å². The summed E-state index contributed by atoms with van der Waals surface area (Å²) < 4.78 is 5.14. The monoisotopic (exact) mass is 205 g/mol. The Bertz CT molecular complexity index is 129. The number of rotatable bonds is 7. The first-order chi connectivity index (χ1) is 6.45. The molecule has 4 heteroatoms. The molecule has 3 atom stereocenters. The Balaban J connectivity index is 3.96. The zero-order valence-electron chi connectivity index (χ0n) is 9.60. The molecule has 0 aliphatic carbocycles. The van der Waals surface area contributed by atoms with Crippen LogP contribution in [-0.4, -0.2) is 60.2 Å². The Morgan fingerprint density at radius 3 is 1.71 bits per heavy atom. The SMILES string of the molecule is CO[C@@H](C)CN(CC(C)O)CC(C)O. The third-order valence-electron chi connectivity index (χ3n) is 1.96. The van der Waals surface area contributed by atoms with E-state index in [0.717, 1.165) is 6.54 Å². The van der Waals surface area contributed by atoms with Crippen LogP contribution in [0.3, 0.4) is 0 Å². The van der Waals surface area contributed by atoms with Crippen molar-refractivity contribution < 1.29 is 14.9 Å². The highest BCUT2D eigenvalue weighted by Gasteiger charge is 2.13. The Hall–Kier alpha value is -0.160. The van der Waals surface area contributed by atoms with E-state index in [1.165, 1.54) is 0 Å². The molecule has 0 aliphatic heterocycles. The maximum Gasteiger partial charge on any atom is 0.0670 e. The summed E-state index contributed by atoms with van der Waals surface area (Å²) in [4.78, 5) is 2.00. The standard InChI is InChI=1S/C10H23NO3/c1-8(12)5-11(6-9(2)13)7-10(3)14-4/h8-10,12-13H,5-7H2,1-4H3/t8?,9?,10-/m0/s1. The van der Waals surface area contributed by atoms with Gasteiger partial charge in [0.2, 0.25) is 0 Å². The lowest BCUT2D eigenvalue weighted by atomic mass is 10.2. The van der Waals surface area contributed by atoms with Crippen molar-refractivity contribution in [3.63, 3.8) is 0 Å². The van der Waals surface area contributed by atoms with Crippen molar-refractivity contribution in [2.45, 2.75) is 39.1 Å². The zero-order valence-corrected chi connectivity index (χ0v) is 9.60. The normalized spacial score (nSPS) is 18.2. The van der Waals surface area contributed by atoms with Gasteiger partial charge in [0.15, 0.2) is 0 Å². The van der Waals surface area contributed by atoms with E-state index in [0.29, 0.717) is 13.1 Å². The second-order valence-electron chi connectivity index (χ2n) is 3.96. The molecular formula is C10H23NO3. The van der Waals surface area contributed by atoms with Gasteiger partial charge in [0, 0.05) is 26.7 Å². The van der Waals surface area contributed by atoms with Crippen LogP contribution in [0.4, 0.5) is 0 Å². The summed E-state index contributed by atoms with van der Waals surface area (Å²) in [5.74, 6) is 0. The van der Waals surface area contributed by atoms with Crippen molar-refractivity contribution in [1.82, 2.24) is 4.90 Å². The fourth-order valence-corrected chi connectivity index (χ4v) is 1.41. The van der Waals surface area contributed by atoms with Gasteiger partial charge in [0.05, 0.1) is 18.3 Å². The molecule has 2 unspecified atom stereocenters. The number of ether oxygens (including phenoxy) is 1. The van der Waals surface area contributed by atoms with E-state index in [9.17, 15) is 10.2 Å². The molecule has 0 aromatic rings. The number of methoxy groups -OCH3 is 1. The molecule has 0 spiro atoms. The Morgan fingerprint density at radius 2 is 1.43 bits per heavy atom. The summed E-state index contributed by atoms with van der Waals surface area (Å²) in [6.45, 7) is 7.32. The highest BCUT2D eigenvalue weighted by Crippen LogP contribution is 1.99. The van der Waals surface area contributed by atoms with Crippen LogP contribution < -0.4 is 0 Å². The van der Waals surface area contributed by atoms with Gasteiger partial charge in [-0.15, -0.1) is 0 Å². The second kappa shape index (κ2) is 7.17. The molecule has 0 saturated heterocycles. The molecule has 4 nitrogen and oxygen atoms in total. The lowest BCUT2D eigenvalue weighted by molar-refractivity contribution is 0.0349. The molecule has 0 radical (unpaired) electrons. The topological polar surface area (TPSA) is 52.9 Å². The molecule has 0 aliphatic rings. The highest BCUT2D eigenvalue weighted by molar-refractivity contribution is 4.67. The Labute approximate surface area is 86.5 Å². The van der Waals surface area contributed by atoms with Crippen LogP contribution in [0.15, 0.2) is 0 Å². The maximum absolute atomic E-state index is 9.26. The molecule has 0 rings (SSSR count). The maximum atomic E-state index is 9.26. The number of nitrogens with zero attached hydrogens (tertiary/aromatic N) is 1. The zero-order chi connectivity index (χ0) is 11.1. The van der Waals surface area contributed by atoms with Gasteiger partial charge in [0.25, 0.3) is 0 Å². The van der Waals surface area contributed by atoms with Gasteiger partial charge in [-0.1, -0.05) is 0 Å². The molecule has 2 N–H and O–H groups in total. The molecule has 0 saturated carbocycles. The lowest BCUT2D eigenvalue weighted by Gasteiger charge is -2.27. The van der Waals surface area contributed by atoms with Crippen molar-refractivity contribution in [1.29, 1.82) is 0 Å². The minimum absolute atomic E-state index is 0.118. The third-order valence-corrected chi connectivity index (χ3v) is 1.96. The number of hydrogen-bond donors (Lipinski definition) is 2. The van der Waals surface area contributed by atoms with Crippen LogP contribution in [0.1, 0.15) is 20.8 Å². The predicted molar refractivity (Wildman–Crippen MR) is 56.3 cm³/mol. The molecule has 14 heavy (non-hydrogen) atoms. The number of aliphatic hydroxyl groups excluding tert-OH is 2. The van der Waals surface area contributed by atoms with Crippen molar-refractivity contribution in [2.24, 2.45) is 0 Å².